The van der Waals surface area contributed by atoms with Crippen LogP contribution in [0.1, 0.15) is 42.9 Å². The van der Waals surface area contributed by atoms with Gasteiger partial charge >= 0.3 is 12.6 Å². The summed E-state index contributed by atoms with van der Waals surface area (Å²) in [6.07, 6.45) is 5.12. The molecule has 0 spiro atoms. The highest BCUT2D eigenvalue weighted by atomic mass is 35.5. The van der Waals surface area contributed by atoms with Gasteiger partial charge in [0.25, 0.3) is 0 Å². The first kappa shape index (κ1) is 25.7. The van der Waals surface area contributed by atoms with Gasteiger partial charge < -0.3 is 24.7 Å². The van der Waals surface area contributed by atoms with E-state index in [2.05, 4.69) is 10.1 Å². The third kappa shape index (κ3) is 7.08. The number of alkyl halides is 2. The Morgan fingerprint density at radius 1 is 1.17 bits per heavy atom. The van der Waals surface area contributed by atoms with Gasteiger partial charge in [0.2, 0.25) is 0 Å². The summed E-state index contributed by atoms with van der Waals surface area (Å²) < 4.78 is 42.7. The van der Waals surface area contributed by atoms with Crippen LogP contribution in [0.25, 0.3) is 0 Å². The molecule has 2 aromatic rings. The van der Waals surface area contributed by atoms with Crippen LogP contribution in [-0.2, 0) is 16.0 Å². The normalized spacial score (nSPS) is 18.8. The molecule has 0 radical (unpaired) electrons. The average Bonchev–Trinajstić information content (AvgIpc) is 3.64. The Morgan fingerprint density at radius 3 is 2.54 bits per heavy atom. The van der Waals surface area contributed by atoms with E-state index in [4.69, 9.17) is 32.7 Å². The van der Waals surface area contributed by atoms with Gasteiger partial charge in [0.15, 0.2) is 23.9 Å². The third-order valence-corrected chi connectivity index (χ3v) is 6.71. The van der Waals surface area contributed by atoms with E-state index in [1.54, 1.807) is 0 Å². The lowest BCUT2D eigenvalue weighted by Gasteiger charge is -2.26. The molecule has 0 unspecified atom stereocenters. The summed E-state index contributed by atoms with van der Waals surface area (Å²) >= 11 is 12.5. The molecule has 0 bridgehead atoms. The fourth-order valence-electron chi connectivity index (χ4n) is 3.95. The van der Waals surface area contributed by atoms with Crippen LogP contribution in [0.2, 0.25) is 10.0 Å². The Balaban J connectivity index is 1.64. The van der Waals surface area contributed by atoms with Crippen LogP contribution in [0.4, 0.5) is 8.78 Å². The van der Waals surface area contributed by atoms with Gasteiger partial charge in [-0.05, 0) is 55.8 Å². The van der Waals surface area contributed by atoms with Crippen LogP contribution in [0, 0.1) is 17.0 Å². The van der Waals surface area contributed by atoms with Crippen LogP contribution in [0.5, 0.6) is 11.5 Å². The van der Waals surface area contributed by atoms with Gasteiger partial charge in [-0.25, -0.2) is 0 Å². The number of aromatic nitrogens is 1. The van der Waals surface area contributed by atoms with Crippen LogP contribution >= 0.6 is 23.2 Å². The number of benzene rings is 1. The van der Waals surface area contributed by atoms with E-state index in [0.717, 1.165) is 38.2 Å². The number of esters is 1. The fourth-order valence-corrected chi connectivity index (χ4v) is 4.55. The SMILES string of the molecule is O=C(O[C@@H](Cc1c(Cl)c[n+]([O-])cc1Cl)c1ccc(OC(F)F)c(OCC2CC2)c1)[C@@H]1CCCNC1. The van der Waals surface area contributed by atoms with Crippen molar-refractivity contribution in [2.24, 2.45) is 11.8 Å². The molecule has 2 atom stereocenters. The zero-order valence-electron chi connectivity index (χ0n) is 18.9. The molecule has 1 aromatic heterocycles. The Labute approximate surface area is 211 Å². The number of carbonyl (C=O) groups is 1. The van der Waals surface area contributed by atoms with E-state index < -0.39 is 18.7 Å². The van der Waals surface area contributed by atoms with Crippen LogP contribution < -0.4 is 19.5 Å². The minimum atomic E-state index is -3.02. The minimum Gasteiger partial charge on any atom is -0.619 e. The molecular weight excluding hydrogens is 505 g/mol. The molecule has 1 saturated heterocycles. The summed E-state index contributed by atoms with van der Waals surface area (Å²) in [6.45, 7) is -1.30. The Kier molecular flexibility index (Phi) is 8.51. The number of halogens is 4. The summed E-state index contributed by atoms with van der Waals surface area (Å²) in [5.41, 5.74) is 0.925. The maximum atomic E-state index is 13.0. The average molecular weight is 531 g/mol. The molecular formula is C24H26Cl2F2N2O5. The number of carbonyl (C=O) groups excluding carboxylic acids is 1. The molecule has 1 aromatic carbocycles. The quantitative estimate of drug-likeness (QED) is 0.268. The summed E-state index contributed by atoms with van der Waals surface area (Å²) in [5, 5.41) is 15.1. The van der Waals surface area contributed by atoms with Gasteiger partial charge in [-0.2, -0.15) is 13.5 Å². The predicted octanol–water partition coefficient (Wildman–Crippen LogP) is 4.84. The van der Waals surface area contributed by atoms with E-state index in [0.29, 0.717) is 41.3 Å². The van der Waals surface area contributed by atoms with Gasteiger partial charge in [-0.3, -0.25) is 4.79 Å². The number of pyridine rings is 1. The first-order chi connectivity index (χ1) is 16.8. The molecule has 0 amide bonds. The van der Waals surface area contributed by atoms with Crippen molar-refractivity contribution in [2.75, 3.05) is 19.7 Å². The fraction of sp³-hybridized carbons (Fsp3) is 0.500. The Hall–Kier alpha value is -2.36. The molecule has 1 saturated carbocycles. The zero-order chi connectivity index (χ0) is 24.9. The third-order valence-electron chi connectivity index (χ3n) is 6.06. The van der Waals surface area contributed by atoms with Crippen LogP contribution in [-0.4, -0.2) is 32.3 Å². The molecule has 7 nitrogen and oxygen atoms in total. The van der Waals surface area contributed by atoms with Crippen molar-refractivity contribution in [1.82, 2.24) is 5.32 Å². The van der Waals surface area contributed by atoms with Crippen molar-refractivity contribution in [2.45, 2.75) is 44.8 Å². The van der Waals surface area contributed by atoms with Crippen molar-refractivity contribution in [1.29, 1.82) is 0 Å². The van der Waals surface area contributed by atoms with Crippen molar-refractivity contribution in [3.8, 4) is 11.5 Å². The van der Waals surface area contributed by atoms with Crippen molar-refractivity contribution >= 4 is 29.2 Å². The molecule has 190 valence electrons. The summed E-state index contributed by atoms with van der Waals surface area (Å²) in [6, 6.07) is 4.44. The summed E-state index contributed by atoms with van der Waals surface area (Å²) in [7, 11) is 0. The number of rotatable bonds is 10. The molecule has 1 aliphatic heterocycles. The molecule has 2 heterocycles. The van der Waals surface area contributed by atoms with E-state index in [1.807, 2.05) is 0 Å². The van der Waals surface area contributed by atoms with E-state index in [1.165, 1.54) is 18.2 Å². The number of hydrogen-bond acceptors (Lipinski definition) is 6. The molecule has 1 aliphatic carbocycles. The Morgan fingerprint density at radius 2 is 1.91 bits per heavy atom. The van der Waals surface area contributed by atoms with Gasteiger partial charge in [-0.15, -0.1) is 0 Å². The molecule has 1 N–H and O–H groups in total. The van der Waals surface area contributed by atoms with E-state index in [-0.39, 0.29) is 33.9 Å². The molecule has 2 aliphatic rings. The van der Waals surface area contributed by atoms with Crippen molar-refractivity contribution in [3.05, 3.63) is 57.0 Å². The maximum absolute atomic E-state index is 13.0. The van der Waals surface area contributed by atoms with Crippen LogP contribution in [0.3, 0.4) is 0 Å². The van der Waals surface area contributed by atoms with Gasteiger partial charge in [-0.1, -0.05) is 29.3 Å². The second-order valence-electron chi connectivity index (χ2n) is 8.80. The van der Waals surface area contributed by atoms with Crippen molar-refractivity contribution in [3.63, 3.8) is 0 Å². The standard InChI is InChI=1S/C24H26Cl2F2N2O5/c25-18-11-30(32)12-19(26)17(18)9-21(34-23(31)16-2-1-7-29-10-16)15-5-6-20(35-24(27)28)22(8-15)33-13-14-3-4-14/h5-6,8,11-12,14,16,21,24,29H,1-4,7,9-10,13H2/t16-,21+/m1/s1. The zero-order valence-corrected chi connectivity index (χ0v) is 20.4. The van der Waals surface area contributed by atoms with Crippen molar-refractivity contribution < 1.29 is 32.5 Å². The number of hydrogen-bond donors (Lipinski definition) is 1. The second kappa shape index (κ2) is 11.6. The largest absolute Gasteiger partial charge is 0.619 e. The summed E-state index contributed by atoms with van der Waals surface area (Å²) in [4.78, 5) is 13.0. The van der Waals surface area contributed by atoms with Gasteiger partial charge in [0.1, 0.15) is 16.1 Å². The number of nitrogens with one attached hydrogen (secondary N) is 1. The number of piperidine rings is 1. The smallest absolute Gasteiger partial charge is 0.387 e. The molecule has 2 fully saturated rings. The Bertz CT molecular complexity index is 1030. The first-order valence-electron chi connectivity index (χ1n) is 11.5. The first-order valence-corrected chi connectivity index (χ1v) is 12.2. The predicted molar refractivity (Wildman–Crippen MR) is 125 cm³/mol. The topological polar surface area (TPSA) is 83.7 Å². The number of ether oxygens (including phenoxy) is 3. The monoisotopic (exact) mass is 530 g/mol. The lowest BCUT2D eigenvalue weighted by Crippen LogP contribution is -2.36. The molecule has 4 rings (SSSR count). The minimum absolute atomic E-state index is 0.0709. The summed E-state index contributed by atoms with van der Waals surface area (Å²) in [5.74, 6) is -0.292. The highest BCUT2D eigenvalue weighted by Crippen LogP contribution is 2.38. The molecule has 35 heavy (non-hydrogen) atoms. The number of nitrogens with zero attached hydrogens (tertiary/aromatic N) is 1. The van der Waals surface area contributed by atoms with Gasteiger partial charge in [0.05, 0.1) is 12.5 Å². The molecule has 11 heteroatoms. The maximum Gasteiger partial charge on any atom is 0.387 e. The lowest BCUT2D eigenvalue weighted by atomic mass is 9.98. The second-order valence-corrected chi connectivity index (χ2v) is 9.62. The highest BCUT2D eigenvalue weighted by molar-refractivity contribution is 6.35. The van der Waals surface area contributed by atoms with E-state index in [9.17, 15) is 18.8 Å². The van der Waals surface area contributed by atoms with Crippen LogP contribution in [0.15, 0.2) is 30.6 Å². The highest BCUT2D eigenvalue weighted by Gasteiger charge is 2.29. The van der Waals surface area contributed by atoms with Gasteiger partial charge in [0, 0.05) is 18.5 Å². The van der Waals surface area contributed by atoms with E-state index >= 15 is 0 Å². The lowest BCUT2D eigenvalue weighted by molar-refractivity contribution is -0.605.